The first-order valence-corrected chi connectivity index (χ1v) is 13.2. The van der Waals surface area contributed by atoms with Gasteiger partial charge in [-0.05, 0) is 23.8 Å². The highest BCUT2D eigenvalue weighted by Gasteiger charge is 2.35. The second-order valence-electron chi connectivity index (χ2n) is 8.18. The number of methoxy groups -OCH3 is 1. The molecule has 2 aromatic rings. The first-order valence-electron chi connectivity index (χ1n) is 11.2. The molecule has 1 aromatic carbocycles. The normalized spacial score (nSPS) is 21.9. The fourth-order valence-corrected chi connectivity index (χ4v) is 5.40. The lowest BCUT2D eigenvalue weighted by molar-refractivity contribution is -0.136. The van der Waals surface area contributed by atoms with E-state index in [0.29, 0.717) is 23.8 Å². The highest BCUT2D eigenvalue weighted by Crippen LogP contribution is 2.38. The summed E-state index contributed by atoms with van der Waals surface area (Å²) in [5.74, 6) is -2.46. The Bertz CT molecular complexity index is 1320. The zero-order chi connectivity index (χ0) is 27.4. The van der Waals surface area contributed by atoms with E-state index in [1.807, 2.05) is 0 Å². The van der Waals surface area contributed by atoms with Gasteiger partial charge in [-0.25, -0.2) is 27.7 Å². The molecule has 0 spiro atoms. The fourth-order valence-electron chi connectivity index (χ4n) is 4.05. The summed E-state index contributed by atoms with van der Waals surface area (Å²) < 4.78 is 52.4. The molecule has 1 saturated heterocycles. The Labute approximate surface area is 227 Å². The van der Waals surface area contributed by atoms with Gasteiger partial charge in [-0.1, -0.05) is 22.0 Å². The molecule has 9 nitrogen and oxygen atoms in total. The number of aromatic nitrogens is 1. The number of aliphatic carboxylic acids is 1. The molecule has 0 aliphatic carbocycles. The van der Waals surface area contributed by atoms with Crippen molar-refractivity contribution in [3.63, 3.8) is 0 Å². The zero-order valence-corrected chi connectivity index (χ0v) is 22.2. The third kappa shape index (κ3) is 6.14. The van der Waals surface area contributed by atoms with Gasteiger partial charge in [-0.15, -0.1) is 11.3 Å². The number of rotatable bonds is 8. The van der Waals surface area contributed by atoms with Crippen molar-refractivity contribution in [1.82, 2.24) is 15.6 Å². The average molecular weight is 615 g/mol. The van der Waals surface area contributed by atoms with Crippen LogP contribution in [0.3, 0.4) is 0 Å². The summed E-state index contributed by atoms with van der Waals surface area (Å²) in [6.45, 7) is 0.912. The smallest absolute Gasteiger partial charge is 0.338 e. The van der Waals surface area contributed by atoms with Crippen molar-refractivity contribution in [2.45, 2.75) is 24.7 Å². The number of carbonyl (C=O) groups is 2. The predicted molar refractivity (Wildman–Crippen MR) is 136 cm³/mol. The molecule has 38 heavy (non-hydrogen) atoms. The van der Waals surface area contributed by atoms with E-state index in [0.717, 1.165) is 23.1 Å². The Morgan fingerprint density at radius 1 is 1.37 bits per heavy atom. The van der Waals surface area contributed by atoms with Crippen molar-refractivity contribution in [2.75, 3.05) is 25.5 Å². The van der Waals surface area contributed by atoms with E-state index in [4.69, 9.17) is 14.6 Å². The maximum Gasteiger partial charge on any atom is 0.338 e. The minimum atomic E-state index is -3.01. The summed E-state index contributed by atoms with van der Waals surface area (Å²) in [5, 5.41) is 15.6. The van der Waals surface area contributed by atoms with Crippen molar-refractivity contribution in [3.05, 3.63) is 74.6 Å². The van der Waals surface area contributed by atoms with Crippen molar-refractivity contribution < 1.29 is 37.3 Å². The number of benzene rings is 1. The van der Waals surface area contributed by atoms with Gasteiger partial charge in [0.25, 0.3) is 6.43 Å². The molecular formula is C24H22BrF3N4O5S. The number of hydrogen-bond donors (Lipinski definition) is 3. The minimum absolute atomic E-state index is 0.00582. The van der Waals surface area contributed by atoms with Crippen molar-refractivity contribution in [1.29, 1.82) is 0 Å². The molecule has 3 atom stereocenters. The highest BCUT2D eigenvalue weighted by molar-refractivity contribution is 9.09. The van der Waals surface area contributed by atoms with Crippen LogP contribution in [0, 0.1) is 5.82 Å². The summed E-state index contributed by atoms with van der Waals surface area (Å²) in [7, 11) is 1.17. The molecule has 14 heteroatoms. The first-order chi connectivity index (χ1) is 18.2. The largest absolute Gasteiger partial charge is 0.478 e. The summed E-state index contributed by atoms with van der Waals surface area (Å²) in [4.78, 5) is 33.2. The topological polar surface area (TPSA) is 122 Å². The monoisotopic (exact) mass is 614 g/mol. The summed E-state index contributed by atoms with van der Waals surface area (Å²) in [6, 6.07) is 1.74. The molecule has 0 saturated carbocycles. The van der Waals surface area contributed by atoms with Crippen LogP contribution >= 0.6 is 27.3 Å². The Morgan fingerprint density at radius 3 is 2.84 bits per heavy atom. The van der Waals surface area contributed by atoms with Crippen LogP contribution in [-0.4, -0.2) is 59.5 Å². The van der Waals surface area contributed by atoms with Gasteiger partial charge < -0.3 is 25.2 Å². The minimum Gasteiger partial charge on any atom is -0.478 e. The number of thiazole rings is 1. The van der Waals surface area contributed by atoms with Crippen molar-refractivity contribution >= 4 is 45.0 Å². The quantitative estimate of drug-likeness (QED) is 0.233. The third-order valence-corrected chi connectivity index (χ3v) is 7.41. The van der Waals surface area contributed by atoms with Crippen molar-refractivity contribution in [2.24, 2.45) is 4.99 Å². The molecule has 1 unspecified atom stereocenters. The van der Waals surface area contributed by atoms with Crippen LogP contribution in [0.15, 0.2) is 52.8 Å². The molecule has 2 aliphatic rings. The molecular weight excluding hydrogens is 593 g/mol. The van der Waals surface area contributed by atoms with Crippen LogP contribution in [0.4, 0.5) is 13.2 Å². The number of amidine groups is 1. The molecule has 0 amide bonds. The van der Waals surface area contributed by atoms with E-state index in [2.05, 4.69) is 36.5 Å². The van der Waals surface area contributed by atoms with Crippen molar-refractivity contribution in [3.8, 4) is 0 Å². The van der Waals surface area contributed by atoms with E-state index >= 15 is 0 Å². The molecule has 2 aliphatic heterocycles. The van der Waals surface area contributed by atoms with Gasteiger partial charge in [-0.3, -0.25) is 4.99 Å². The number of morpholine rings is 1. The number of nitrogens with zero attached hydrogens (tertiary/aromatic N) is 2. The second-order valence-corrected chi connectivity index (χ2v) is 9.81. The number of allylic oxidation sites excluding steroid dienone is 1. The van der Waals surface area contributed by atoms with Gasteiger partial charge in [0, 0.05) is 42.0 Å². The average Bonchev–Trinajstić information content (AvgIpc) is 3.41. The van der Waals surface area contributed by atoms with E-state index in [1.165, 1.54) is 30.6 Å². The number of carbonyl (C=O) groups excluding carboxylic acids is 1. The second kappa shape index (κ2) is 12.2. The summed E-state index contributed by atoms with van der Waals surface area (Å²) >= 11 is 4.56. The maximum absolute atomic E-state index is 13.9. The van der Waals surface area contributed by atoms with E-state index in [9.17, 15) is 22.8 Å². The standard InChI is InChI=1S/C24H22BrF3N4O5S/c1-36-24(35)19-15(7-25)31-22(32-20(19)13-4-2-11(26)6-14(13)21(27)28)23-30-10-17(38-23)16-9-29-8-12(37-16)3-5-18(33)34/h2-6,10,12,16,20-21,29H,7-9H2,1H3,(H,31,32)(H,33,34)/b5-3+/t12-,16?,20+/m1/s1. The number of ether oxygens (including phenoxy) is 2. The lowest BCUT2D eigenvalue weighted by Gasteiger charge is -2.28. The molecule has 1 fully saturated rings. The number of carboxylic acids is 1. The molecule has 3 heterocycles. The van der Waals surface area contributed by atoms with E-state index in [-0.39, 0.29) is 22.3 Å². The summed E-state index contributed by atoms with van der Waals surface area (Å²) in [6.07, 6.45) is 0.172. The number of nitrogens with one attached hydrogen (secondary N) is 2. The fraction of sp³-hybridized carbons (Fsp3) is 0.333. The number of hydrogen-bond acceptors (Lipinski definition) is 9. The van der Waals surface area contributed by atoms with Gasteiger partial charge >= 0.3 is 11.9 Å². The van der Waals surface area contributed by atoms with Crippen LogP contribution < -0.4 is 10.6 Å². The number of alkyl halides is 3. The maximum atomic E-state index is 13.9. The van der Waals surface area contributed by atoms with Crippen LogP contribution in [-0.2, 0) is 19.1 Å². The third-order valence-electron chi connectivity index (χ3n) is 5.75. The molecule has 202 valence electrons. The van der Waals surface area contributed by atoms with Crippen LogP contribution in [0.2, 0.25) is 0 Å². The molecule has 0 radical (unpaired) electrons. The van der Waals surface area contributed by atoms with Gasteiger partial charge in [0.1, 0.15) is 18.0 Å². The molecule has 0 bridgehead atoms. The number of aliphatic imine (C=N–C) groups is 1. The summed E-state index contributed by atoms with van der Waals surface area (Å²) in [5.41, 5.74) is -0.282. The molecule has 4 rings (SSSR count). The van der Waals surface area contributed by atoms with Gasteiger partial charge in [0.2, 0.25) is 0 Å². The molecule has 3 N–H and O–H groups in total. The van der Waals surface area contributed by atoms with Crippen LogP contribution in [0.5, 0.6) is 0 Å². The van der Waals surface area contributed by atoms with E-state index < -0.39 is 48.0 Å². The zero-order valence-electron chi connectivity index (χ0n) is 19.8. The Morgan fingerprint density at radius 2 is 2.16 bits per heavy atom. The lowest BCUT2D eigenvalue weighted by Crippen LogP contribution is -2.39. The van der Waals surface area contributed by atoms with Gasteiger partial charge in [-0.2, -0.15) is 0 Å². The SMILES string of the molecule is COC(=O)C1=C(CBr)NC(c2ncc(C3CNC[C@@H](/C=C/C(=O)O)O3)s2)=N[C@H]1c1ccc(F)cc1C(F)F. The highest BCUT2D eigenvalue weighted by atomic mass is 79.9. The number of carboxylic acid groups (broad SMARTS) is 1. The van der Waals surface area contributed by atoms with Crippen LogP contribution in [0.1, 0.15) is 39.6 Å². The number of esters is 1. The predicted octanol–water partition coefficient (Wildman–Crippen LogP) is 3.80. The van der Waals surface area contributed by atoms with E-state index in [1.54, 1.807) is 6.20 Å². The Hall–Kier alpha value is -3.07. The Kier molecular flexibility index (Phi) is 8.97. The van der Waals surface area contributed by atoms with Gasteiger partial charge in [0.05, 0.1) is 23.7 Å². The molecule has 1 aromatic heterocycles. The lowest BCUT2D eigenvalue weighted by atomic mass is 9.92. The number of halogens is 4. The van der Waals surface area contributed by atoms with Crippen LogP contribution in [0.25, 0.3) is 0 Å². The first kappa shape index (κ1) is 28.0. The Balaban J connectivity index is 1.70. The van der Waals surface area contributed by atoms with Gasteiger partial charge in [0.15, 0.2) is 10.8 Å².